The summed E-state index contributed by atoms with van der Waals surface area (Å²) >= 11 is 0. The van der Waals surface area contributed by atoms with Gasteiger partial charge in [-0.25, -0.2) is 19.6 Å². The van der Waals surface area contributed by atoms with E-state index in [2.05, 4.69) is 31.9 Å². The number of rotatable bonds is 5. The molecule has 164 valence electrons. The molecule has 2 saturated heterocycles. The van der Waals surface area contributed by atoms with E-state index in [4.69, 9.17) is 9.72 Å². The van der Waals surface area contributed by atoms with Crippen LogP contribution < -0.4 is 5.56 Å². The molecule has 2 fully saturated rings. The van der Waals surface area contributed by atoms with Crippen molar-refractivity contribution >= 4 is 11.0 Å². The molecular weight excluding hydrogens is 394 g/mol. The zero-order chi connectivity index (χ0) is 21.4. The molecule has 2 atom stereocenters. The van der Waals surface area contributed by atoms with Crippen LogP contribution in [0.2, 0.25) is 0 Å². The maximum absolute atomic E-state index is 12.8. The molecule has 3 aromatic heterocycles. The number of H-pyrrole nitrogens is 1. The molecule has 2 aliphatic rings. The van der Waals surface area contributed by atoms with Gasteiger partial charge in [0.2, 0.25) is 0 Å². The second kappa shape index (κ2) is 8.47. The maximum atomic E-state index is 12.8. The Balaban J connectivity index is 1.43. The molecule has 0 bridgehead atoms. The summed E-state index contributed by atoms with van der Waals surface area (Å²) in [5, 5.41) is 5.08. The third kappa shape index (κ3) is 3.99. The molecule has 2 unspecified atom stereocenters. The van der Waals surface area contributed by atoms with Crippen molar-refractivity contribution in [3.05, 3.63) is 46.2 Å². The third-order valence-corrected chi connectivity index (χ3v) is 6.65. The molecule has 3 aromatic rings. The smallest absolute Gasteiger partial charge is 0.262 e. The Morgan fingerprint density at radius 1 is 1.16 bits per heavy atom. The molecule has 0 saturated carbocycles. The van der Waals surface area contributed by atoms with Crippen LogP contribution in [0.4, 0.5) is 0 Å². The summed E-state index contributed by atoms with van der Waals surface area (Å²) in [5.74, 6) is 2.18. The van der Waals surface area contributed by atoms with E-state index >= 15 is 0 Å². The van der Waals surface area contributed by atoms with Crippen LogP contribution in [0, 0.1) is 12.8 Å². The van der Waals surface area contributed by atoms with Gasteiger partial charge in [0.15, 0.2) is 5.65 Å². The highest BCUT2D eigenvalue weighted by Crippen LogP contribution is 2.34. The summed E-state index contributed by atoms with van der Waals surface area (Å²) in [4.78, 5) is 31.9. The van der Waals surface area contributed by atoms with Crippen molar-refractivity contribution in [3.63, 3.8) is 0 Å². The van der Waals surface area contributed by atoms with E-state index < -0.39 is 0 Å². The highest BCUT2D eigenvalue weighted by Gasteiger charge is 2.35. The summed E-state index contributed by atoms with van der Waals surface area (Å²) in [6, 6.07) is 0.233. The topological polar surface area (TPSA) is 102 Å². The van der Waals surface area contributed by atoms with E-state index in [9.17, 15) is 4.79 Å². The first-order valence-electron chi connectivity index (χ1n) is 11.2. The number of aromatic amines is 1. The number of nitrogens with zero attached hydrogens (tertiary/aromatic N) is 6. The van der Waals surface area contributed by atoms with E-state index in [0.29, 0.717) is 17.0 Å². The summed E-state index contributed by atoms with van der Waals surface area (Å²) in [7, 11) is 0. The molecule has 0 aromatic carbocycles. The fraction of sp³-hybridized carbons (Fsp3) is 0.591. The predicted octanol–water partition coefficient (Wildman–Crippen LogP) is 2.20. The van der Waals surface area contributed by atoms with Crippen molar-refractivity contribution in [1.29, 1.82) is 0 Å². The van der Waals surface area contributed by atoms with Crippen LogP contribution in [0.3, 0.4) is 0 Å². The first-order valence-corrected chi connectivity index (χ1v) is 11.2. The van der Waals surface area contributed by atoms with Gasteiger partial charge < -0.3 is 9.72 Å². The molecule has 0 amide bonds. The van der Waals surface area contributed by atoms with Crippen LogP contribution in [0.5, 0.6) is 0 Å². The maximum Gasteiger partial charge on any atom is 0.262 e. The molecule has 0 radical (unpaired) electrons. The van der Waals surface area contributed by atoms with Gasteiger partial charge in [-0.2, -0.15) is 5.10 Å². The van der Waals surface area contributed by atoms with Gasteiger partial charge in [-0.15, -0.1) is 0 Å². The van der Waals surface area contributed by atoms with E-state index in [1.807, 2.05) is 24.0 Å². The quantitative estimate of drug-likeness (QED) is 0.671. The van der Waals surface area contributed by atoms with Crippen LogP contribution in [0.1, 0.15) is 55.4 Å². The minimum atomic E-state index is -0.0986. The first-order chi connectivity index (χ1) is 15.1. The van der Waals surface area contributed by atoms with Crippen molar-refractivity contribution in [1.82, 2.24) is 34.6 Å². The largest absolute Gasteiger partial charge is 0.381 e. The average molecular weight is 424 g/mol. The van der Waals surface area contributed by atoms with Crippen molar-refractivity contribution in [2.75, 3.05) is 26.3 Å². The van der Waals surface area contributed by atoms with Crippen LogP contribution >= 0.6 is 0 Å². The number of likely N-dealkylation sites (tertiary alicyclic amines) is 1. The van der Waals surface area contributed by atoms with Gasteiger partial charge >= 0.3 is 0 Å². The molecule has 9 nitrogen and oxygen atoms in total. The lowest BCUT2D eigenvalue weighted by Gasteiger charge is -2.23. The Hall–Kier alpha value is -2.65. The molecule has 0 aliphatic carbocycles. The normalized spacial score (nSPS) is 23.0. The predicted molar refractivity (Wildman–Crippen MR) is 116 cm³/mol. The van der Waals surface area contributed by atoms with E-state index in [0.717, 1.165) is 69.3 Å². The fourth-order valence-electron chi connectivity index (χ4n) is 4.90. The average Bonchev–Trinajstić information content (AvgIpc) is 3.40. The molecule has 5 heterocycles. The Bertz CT molecular complexity index is 1100. The molecule has 1 N–H and O–H groups in total. The number of aromatic nitrogens is 6. The standard InChI is InChI=1S/C22H29N7O2/c1-3-16-12-28(11-15-8-23-14(2)24-9-15)13-19(16)20-26-21-18(22(30)27-20)10-25-29(21)17-4-6-31-7-5-17/h8-10,16-17,19H,3-7,11-13H2,1-2H3,(H,26,27,30). The van der Waals surface area contributed by atoms with Crippen LogP contribution in [0.25, 0.3) is 11.0 Å². The lowest BCUT2D eigenvalue weighted by molar-refractivity contribution is 0.0673. The Morgan fingerprint density at radius 3 is 2.68 bits per heavy atom. The van der Waals surface area contributed by atoms with Gasteiger partial charge in [0.1, 0.15) is 17.0 Å². The molecule has 9 heteroatoms. The second-order valence-corrected chi connectivity index (χ2v) is 8.73. The van der Waals surface area contributed by atoms with Gasteiger partial charge in [0.25, 0.3) is 5.56 Å². The van der Waals surface area contributed by atoms with Gasteiger partial charge in [-0.05, 0) is 25.7 Å². The Morgan fingerprint density at radius 2 is 1.94 bits per heavy atom. The highest BCUT2D eigenvalue weighted by atomic mass is 16.5. The summed E-state index contributed by atoms with van der Waals surface area (Å²) < 4.78 is 7.43. The molecular formula is C22H29N7O2. The number of nitrogens with one attached hydrogen (secondary N) is 1. The monoisotopic (exact) mass is 423 g/mol. The van der Waals surface area contributed by atoms with Crippen molar-refractivity contribution in [2.45, 2.75) is 51.6 Å². The van der Waals surface area contributed by atoms with Crippen molar-refractivity contribution < 1.29 is 4.74 Å². The number of ether oxygens (including phenoxy) is 1. The van der Waals surface area contributed by atoms with Gasteiger partial charge in [0, 0.05) is 56.7 Å². The molecule has 31 heavy (non-hydrogen) atoms. The van der Waals surface area contributed by atoms with Crippen molar-refractivity contribution in [2.24, 2.45) is 5.92 Å². The lowest BCUT2D eigenvalue weighted by atomic mass is 9.93. The van der Waals surface area contributed by atoms with Gasteiger partial charge in [-0.3, -0.25) is 9.69 Å². The first kappa shape index (κ1) is 20.3. The van der Waals surface area contributed by atoms with E-state index in [-0.39, 0.29) is 17.5 Å². The lowest BCUT2D eigenvalue weighted by Crippen LogP contribution is -2.23. The number of hydrogen-bond donors (Lipinski definition) is 1. The molecule has 0 spiro atoms. The van der Waals surface area contributed by atoms with Gasteiger partial charge in [-0.1, -0.05) is 13.3 Å². The van der Waals surface area contributed by atoms with Crippen LogP contribution in [-0.4, -0.2) is 60.9 Å². The SMILES string of the molecule is CCC1CN(Cc2cnc(C)nc2)CC1c1nc2c(cnn2C2CCOCC2)c(=O)[nH]1. The van der Waals surface area contributed by atoms with Crippen LogP contribution in [0.15, 0.2) is 23.4 Å². The highest BCUT2D eigenvalue weighted by molar-refractivity contribution is 5.73. The Kier molecular flexibility index (Phi) is 5.54. The zero-order valence-corrected chi connectivity index (χ0v) is 18.1. The third-order valence-electron chi connectivity index (χ3n) is 6.65. The second-order valence-electron chi connectivity index (χ2n) is 8.73. The molecule has 5 rings (SSSR count). The minimum Gasteiger partial charge on any atom is -0.381 e. The van der Waals surface area contributed by atoms with Crippen molar-refractivity contribution in [3.8, 4) is 0 Å². The van der Waals surface area contributed by atoms with Crippen LogP contribution in [-0.2, 0) is 11.3 Å². The number of fused-ring (bicyclic) bond motifs is 1. The van der Waals surface area contributed by atoms with E-state index in [1.165, 1.54) is 0 Å². The number of hydrogen-bond acceptors (Lipinski definition) is 7. The summed E-state index contributed by atoms with van der Waals surface area (Å²) in [6.07, 6.45) is 8.27. The Labute approximate surface area is 180 Å². The zero-order valence-electron chi connectivity index (χ0n) is 18.1. The summed E-state index contributed by atoms with van der Waals surface area (Å²) in [5.41, 5.74) is 1.71. The summed E-state index contributed by atoms with van der Waals surface area (Å²) in [6.45, 7) is 8.17. The van der Waals surface area contributed by atoms with Gasteiger partial charge in [0.05, 0.1) is 12.2 Å². The van der Waals surface area contributed by atoms with E-state index in [1.54, 1.807) is 6.20 Å². The number of aryl methyl sites for hydroxylation is 1. The fourth-order valence-corrected chi connectivity index (χ4v) is 4.90. The molecule has 2 aliphatic heterocycles. The minimum absolute atomic E-state index is 0.0986.